The third-order valence-electron chi connectivity index (χ3n) is 6.39. The van der Waals surface area contributed by atoms with E-state index in [1.807, 2.05) is 31.2 Å². The monoisotopic (exact) mass is 561 g/mol. The number of esters is 1. The summed E-state index contributed by atoms with van der Waals surface area (Å²) in [6.45, 7) is 9.70. The topological polar surface area (TPSA) is 92.0 Å². The zero-order valence-electron chi connectivity index (χ0n) is 23.4. The molecule has 0 spiro atoms. The normalized spacial score (nSPS) is 12.2. The summed E-state index contributed by atoms with van der Waals surface area (Å²) < 4.78 is 17.6. The SMILES string of the molecule is CCOC(=O)[C@@H](C)Oc1ccc(C=Nn2c(-c3cc(C(C)C)c(OC)cc3C)nc3ccccc3c2=O)cc1Cl. The van der Waals surface area contributed by atoms with Crippen LogP contribution in [0, 0.1) is 6.92 Å². The molecule has 4 rings (SSSR count). The molecule has 1 aromatic heterocycles. The zero-order valence-corrected chi connectivity index (χ0v) is 24.2. The maximum atomic E-state index is 13.7. The van der Waals surface area contributed by atoms with Crippen molar-refractivity contribution in [2.75, 3.05) is 13.7 Å². The molecule has 0 radical (unpaired) electrons. The molecule has 1 heterocycles. The molecule has 8 nitrogen and oxygen atoms in total. The summed E-state index contributed by atoms with van der Waals surface area (Å²) in [6, 6.07) is 16.2. The van der Waals surface area contributed by atoms with Crippen LogP contribution < -0.4 is 15.0 Å². The van der Waals surface area contributed by atoms with E-state index >= 15 is 0 Å². The van der Waals surface area contributed by atoms with Gasteiger partial charge in [-0.05, 0) is 85.8 Å². The van der Waals surface area contributed by atoms with Gasteiger partial charge in [-0.2, -0.15) is 9.78 Å². The van der Waals surface area contributed by atoms with Gasteiger partial charge in [-0.3, -0.25) is 4.79 Å². The quantitative estimate of drug-likeness (QED) is 0.174. The predicted octanol–water partition coefficient (Wildman–Crippen LogP) is 6.37. The van der Waals surface area contributed by atoms with E-state index in [-0.39, 0.29) is 23.1 Å². The largest absolute Gasteiger partial charge is 0.496 e. The van der Waals surface area contributed by atoms with Crippen LogP contribution >= 0.6 is 11.6 Å². The van der Waals surface area contributed by atoms with Crippen LogP contribution in [0.4, 0.5) is 0 Å². The molecule has 0 fully saturated rings. The summed E-state index contributed by atoms with van der Waals surface area (Å²) in [5, 5.41) is 5.30. The van der Waals surface area contributed by atoms with Crippen molar-refractivity contribution in [1.29, 1.82) is 0 Å². The van der Waals surface area contributed by atoms with E-state index in [0.29, 0.717) is 28.0 Å². The van der Waals surface area contributed by atoms with Gasteiger partial charge >= 0.3 is 5.97 Å². The Balaban J connectivity index is 1.79. The molecule has 0 saturated carbocycles. The van der Waals surface area contributed by atoms with Gasteiger partial charge in [0.2, 0.25) is 0 Å². The Kier molecular flexibility index (Phi) is 8.90. The van der Waals surface area contributed by atoms with E-state index in [2.05, 4.69) is 18.9 Å². The number of para-hydroxylation sites is 1. The lowest BCUT2D eigenvalue weighted by atomic mass is 9.96. The van der Waals surface area contributed by atoms with Crippen molar-refractivity contribution < 1.29 is 19.0 Å². The molecule has 40 heavy (non-hydrogen) atoms. The molecule has 4 aromatic rings. The maximum Gasteiger partial charge on any atom is 0.347 e. The van der Waals surface area contributed by atoms with Crippen molar-refractivity contribution in [2.45, 2.75) is 46.6 Å². The number of aromatic nitrogens is 2. The number of hydrogen-bond donors (Lipinski definition) is 0. The number of carbonyl (C=O) groups excluding carboxylic acids is 1. The van der Waals surface area contributed by atoms with E-state index < -0.39 is 12.1 Å². The Morgan fingerprint density at radius 1 is 1.10 bits per heavy atom. The van der Waals surface area contributed by atoms with Crippen molar-refractivity contribution in [1.82, 2.24) is 9.66 Å². The van der Waals surface area contributed by atoms with Gasteiger partial charge in [0.05, 0.1) is 35.9 Å². The van der Waals surface area contributed by atoms with Gasteiger partial charge in [-0.15, -0.1) is 0 Å². The molecule has 208 valence electrons. The average molecular weight is 562 g/mol. The minimum absolute atomic E-state index is 0.188. The van der Waals surface area contributed by atoms with Crippen molar-refractivity contribution in [3.8, 4) is 22.9 Å². The lowest BCUT2D eigenvalue weighted by Crippen LogP contribution is -2.26. The Hall–Kier alpha value is -4.17. The molecule has 0 aliphatic rings. The van der Waals surface area contributed by atoms with Crippen LogP contribution in [-0.2, 0) is 9.53 Å². The molecular formula is C31H32ClN3O5. The number of halogens is 1. The van der Waals surface area contributed by atoms with Crippen LogP contribution in [0.2, 0.25) is 5.02 Å². The molecule has 0 aliphatic heterocycles. The first-order valence-corrected chi connectivity index (χ1v) is 13.4. The van der Waals surface area contributed by atoms with E-state index in [1.54, 1.807) is 51.3 Å². The first kappa shape index (κ1) is 28.8. The highest BCUT2D eigenvalue weighted by molar-refractivity contribution is 6.32. The van der Waals surface area contributed by atoms with Gasteiger partial charge in [0.15, 0.2) is 11.9 Å². The first-order chi connectivity index (χ1) is 19.1. The number of methoxy groups -OCH3 is 1. The second-order valence-electron chi connectivity index (χ2n) is 9.58. The van der Waals surface area contributed by atoms with Crippen molar-refractivity contribution in [2.24, 2.45) is 5.10 Å². The van der Waals surface area contributed by atoms with E-state index in [9.17, 15) is 9.59 Å². The molecule has 1 atom stereocenters. The summed E-state index contributed by atoms with van der Waals surface area (Å²) in [5.41, 5.74) is 3.58. The number of rotatable bonds is 9. The Morgan fingerprint density at radius 3 is 2.52 bits per heavy atom. The highest BCUT2D eigenvalue weighted by Crippen LogP contribution is 2.34. The first-order valence-electron chi connectivity index (χ1n) is 13.0. The molecular weight excluding hydrogens is 530 g/mol. The number of hydrogen-bond acceptors (Lipinski definition) is 7. The van der Waals surface area contributed by atoms with Crippen LogP contribution in [0.15, 0.2) is 64.5 Å². The molecule has 0 N–H and O–H groups in total. The average Bonchev–Trinajstić information content (AvgIpc) is 2.93. The Morgan fingerprint density at radius 2 is 1.85 bits per heavy atom. The highest BCUT2D eigenvalue weighted by atomic mass is 35.5. The standard InChI is InChI=1S/C31H32ClN3O5/c1-7-39-31(37)20(5)40-27-13-12-21(15-25(27)32)17-33-35-29(34-26-11-9-8-10-22(26)30(35)36)24-16-23(18(2)3)28(38-6)14-19(24)4/h8-18,20H,7H2,1-6H3/t20-/m1/s1. The fourth-order valence-electron chi connectivity index (χ4n) is 4.29. The number of carbonyl (C=O) groups is 1. The third-order valence-corrected chi connectivity index (χ3v) is 6.69. The van der Waals surface area contributed by atoms with E-state index in [0.717, 1.165) is 22.4 Å². The summed E-state index contributed by atoms with van der Waals surface area (Å²) in [7, 11) is 1.65. The summed E-state index contributed by atoms with van der Waals surface area (Å²) in [4.78, 5) is 30.4. The molecule has 0 aliphatic carbocycles. The molecule has 0 bridgehead atoms. The summed E-state index contributed by atoms with van der Waals surface area (Å²) >= 11 is 6.44. The minimum Gasteiger partial charge on any atom is -0.496 e. The van der Waals surface area contributed by atoms with Gasteiger partial charge in [-0.25, -0.2) is 9.78 Å². The van der Waals surface area contributed by atoms with Gasteiger partial charge in [-0.1, -0.05) is 37.6 Å². The number of nitrogens with zero attached hydrogens (tertiary/aromatic N) is 3. The van der Waals surface area contributed by atoms with Crippen LogP contribution in [0.3, 0.4) is 0 Å². The highest BCUT2D eigenvalue weighted by Gasteiger charge is 2.19. The van der Waals surface area contributed by atoms with E-state index in [1.165, 1.54) is 10.9 Å². The number of aryl methyl sites for hydroxylation is 1. The summed E-state index contributed by atoms with van der Waals surface area (Å²) in [5.74, 6) is 1.24. The van der Waals surface area contributed by atoms with E-state index in [4.69, 9.17) is 30.8 Å². The molecule has 9 heteroatoms. The molecule has 0 unspecified atom stereocenters. The zero-order chi connectivity index (χ0) is 29.0. The van der Waals surface area contributed by atoms with Crippen LogP contribution in [0.25, 0.3) is 22.3 Å². The Labute approximate surface area is 238 Å². The fraction of sp³-hybridized carbons (Fsp3) is 0.290. The smallest absolute Gasteiger partial charge is 0.347 e. The van der Waals surface area contributed by atoms with Gasteiger partial charge in [0, 0.05) is 5.56 Å². The molecule has 0 amide bonds. The second kappa shape index (κ2) is 12.3. The van der Waals surface area contributed by atoms with Crippen molar-refractivity contribution in [3.63, 3.8) is 0 Å². The van der Waals surface area contributed by atoms with Gasteiger partial charge < -0.3 is 14.2 Å². The third kappa shape index (κ3) is 6.02. The van der Waals surface area contributed by atoms with Crippen molar-refractivity contribution in [3.05, 3.63) is 86.7 Å². The minimum atomic E-state index is -0.815. The Bertz CT molecular complexity index is 1640. The maximum absolute atomic E-state index is 13.7. The van der Waals surface area contributed by atoms with Gasteiger partial charge in [0.1, 0.15) is 11.5 Å². The van der Waals surface area contributed by atoms with Crippen LogP contribution in [0.5, 0.6) is 11.5 Å². The molecule has 0 saturated heterocycles. The van der Waals surface area contributed by atoms with Crippen molar-refractivity contribution >= 4 is 34.7 Å². The number of fused-ring (bicyclic) bond motifs is 1. The predicted molar refractivity (Wildman–Crippen MR) is 158 cm³/mol. The number of benzene rings is 3. The second-order valence-corrected chi connectivity index (χ2v) is 9.99. The summed E-state index contributed by atoms with van der Waals surface area (Å²) in [6.07, 6.45) is 0.721. The van der Waals surface area contributed by atoms with Gasteiger partial charge in [0.25, 0.3) is 5.56 Å². The molecule has 3 aromatic carbocycles. The lowest BCUT2D eigenvalue weighted by molar-refractivity contribution is -0.150. The van der Waals surface area contributed by atoms with Crippen LogP contribution in [-0.4, -0.2) is 41.7 Å². The lowest BCUT2D eigenvalue weighted by Gasteiger charge is -2.17. The number of ether oxygens (including phenoxy) is 3. The van der Waals surface area contributed by atoms with Crippen LogP contribution in [0.1, 0.15) is 50.3 Å². The fourth-order valence-corrected chi connectivity index (χ4v) is 4.52.